The summed E-state index contributed by atoms with van der Waals surface area (Å²) in [5.41, 5.74) is 3.77. The smallest absolute Gasteiger partial charge is 0.387 e. The number of hydrogen-bond donors (Lipinski definition) is 2. The maximum absolute atomic E-state index is 12.6. The van der Waals surface area contributed by atoms with Crippen molar-refractivity contribution in [2.24, 2.45) is 4.99 Å². The summed E-state index contributed by atoms with van der Waals surface area (Å²) in [4.78, 5) is 4.52. The van der Waals surface area contributed by atoms with Gasteiger partial charge in [-0.2, -0.15) is 8.78 Å². The predicted molar refractivity (Wildman–Crippen MR) is 122 cm³/mol. The lowest BCUT2D eigenvalue weighted by atomic mass is 10.1. The maximum atomic E-state index is 12.6. The number of hydrogen-bond acceptors (Lipinski definition) is 3. The molecule has 2 rings (SSSR count). The van der Waals surface area contributed by atoms with Crippen molar-refractivity contribution in [1.82, 2.24) is 10.6 Å². The largest absolute Gasteiger partial charge is 0.434 e. The van der Waals surface area contributed by atoms with E-state index in [1.54, 1.807) is 25.3 Å². The summed E-state index contributed by atoms with van der Waals surface area (Å²) in [7, 11) is 1.66. The minimum Gasteiger partial charge on any atom is -0.434 e. The fourth-order valence-corrected chi connectivity index (χ4v) is 2.75. The Balaban J connectivity index is 0.00000420. The molecule has 0 amide bonds. The Hall–Kier alpha value is -1.94. The number of alkyl halides is 2. The van der Waals surface area contributed by atoms with Gasteiger partial charge in [0, 0.05) is 25.8 Å². The normalized spacial score (nSPS) is 11.2. The van der Waals surface area contributed by atoms with Gasteiger partial charge in [0.1, 0.15) is 5.75 Å². The third kappa shape index (κ3) is 8.53. The van der Waals surface area contributed by atoms with Crippen LogP contribution in [0.4, 0.5) is 8.78 Å². The second kappa shape index (κ2) is 13.3. The van der Waals surface area contributed by atoms with E-state index in [4.69, 9.17) is 4.74 Å². The van der Waals surface area contributed by atoms with Gasteiger partial charge in [0.15, 0.2) is 5.96 Å². The van der Waals surface area contributed by atoms with Gasteiger partial charge in [-0.15, -0.1) is 24.0 Å². The van der Waals surface area contributed by atoms with Gasteiger partial charge in [-0.25, -0.2) is 4.99 Å². The number of aryl methyl sites for hydroxylation is 1. The van der Waals surface area contributed by atoms with Gasteiger partial charge in [-0.1, -0.05) is 42.0 Å². The number of nitrogens with one attached hydrogen (secondary N) is 2. The summed E-state index contributed by atoms with van der Waals surface area (Å²) in [5, 5.41) is 6.44. The SMILES string of the molecule is CCNC(=NCc1cc(C)ccc1OC(F)F)NCc1ccccc1COC.I. The van der Waals surface area contributed by atoms with Crippen LogP contribution in [0.25, 0.3) is 0 Å². The number of ether oxygens (including phenoxy) is 2. The van der Waals surface area contributed by atoms with Gasteiger partial charge in [0.2, 0.25) is 0 Å². The van der Waals surface area contributed by atoms with E-state index in [1.165, 1.54) is 0 Å². The van der Waals surface area contributed by atoms with Crippen LogP contribution in [-0.2, 0) is 24.4 Å². The maximum Gasteiger partial charge on any atom is 0.387 e. The Morgan fingerprint density at radius 1 is 1.07 bits per heavy atom. The van der Waals surface area contributed by atoms with Gasteiger partial charge < -0.3 is 20.1 Å². The summed E-state index contributed by atoms with van der Waals surface area (Å²) >= 11 is 0. The molecule has 0 heterocycles. The van der Waals surface area contributed by atoms with Crippen molar-refractivity contribution in [3.8, 4) is 5.75 Å². The Kier molecular flexibility index (Phi) is 11.5. The molecular weight excluding hydrogens is 491 g/mol. The van der Waals surface area contributed by atoms with E-state index in [9.17, 15) is 8.78 Å². The lowest BCUT2D eigenvalue weighted by Gasteiger charge is -2.15. The zero-order valence-corrected chi connectivity index (χ0v) is 19.2. The minimum atomic E-state index is -2.87. The Morgan fingerprint density at radius 2 is 1.79 bits per heavy atom. The zero-order valence-electron chi connectivity index (χ0n) is 16.9. The molecule has 29 heavy (non-hydrogen) atoms. The van der Waals surface area contributed by atoms with Crippen LogP contribution >= 0.6 is 24.0 Å². The van der Waals surface area contributed by atoms with Crippen LogP contribution in [0.3, 0.4) is 0 Å². The molecule has 2 N–H and O–H groups in total. The summed E-state index contributed by atoms with van der Waals surface area (Å²) in [6.45, 7) is 3.00. The lowest BCUT2D eigenvalue weighted by molar-refractivity contribution is -0.0504. The molecule has 0 aromatic heterocycles. The number of aliphatic imine (C=N–C) groups is 1. The van der Waals surface area contributed by atoms with Crippen molar-refractivity contribution >= 4 is 29.9 Å². The molecular formula is C21H28F2IN3O2. The van der Waals surface area contributed by atoms with Gasteiger partial charge in [0.25, 0.3) is 0 Å². The van der Waals surface area contributed by atoms with E-state index in [1.807, 2.05) is 38.1 Å². The van der Waals surface area contributed by atoms with Crippen molar-refractivity contribution in [3.05, 3.63) is 64.7 Å². The minimum absolute atomic E-state index is 0. The number of rotatable bonds is 9. The van der Waals surface area contributed by atoms with Gasteiger partial charge in [-0.05, 0) is 31.0 Å². The molecule has 0 aliphatic rings. The molecule has 0 bridgehead atoms. The Bertz CT molecular complexity index is 788. The molecule has 8 heteroatoms. The number of guanidine groups is 1. The molecule has 160 valence electrons. The van der Waals surface area contributed by atoms with E-state index in [0.29, 0.717) is 31.2 Å². The molecule has 0 saturated heterocycles. The molecule has 2 aromatic carbocycles. The molecule has 0 aliphatic heterocycles. The Morgan fingerprint density at radius 3 is 2.45 bits per heavy atom. The molecule has 2 aromatic rings. The fraction of sp³-hybridized carbons (Fsp3) is 0.381. The standard InChI is InChI=1S/C21H27F2N3O2.HI/c1-4-24-21(25-12-16-7-5-6-8-17(16)14-27-3)26-13-18-11-15(2)9-10-19(18)28-20(22)23;/h5-11,20H,4,12-14H2,1-3H3,(H2,24,25,26);1H. The molecule has 0 atom stereocenters. The summed E-state index contributed by atoms with van der Waals surface area (Å²) < 4.78 is 35.1. The van der Waals surface area contributed by atoms with E-state index >= 15 is 0 Å². The van der Waals surface area contributed by atoms with E-state index in [0.717, 1.165) is 16.7 Å². The van der Waals surface area contributed by atoms with Crippen molar-refractivity contribution < 1.29 is 18.3 Å². The van der Waals surface area contributed by atoms with Crippen LogP contribution in [0, 0.1) is 6.92 Å². The van der Waals surface area contributed by atoms with Crippen molar-refractivity contribution in [2.75, 3.05) is 13.7 Å². The van der Waals surface area contributed by atoms with Crippen molar-refractivity contribution in [3.63, 3.8) is 0 Å². The molecule has 0 unspecified atom stereocenters. The first-order valence-electron chi connectivity index (χ1n) is 9.15. The molecule has 0 saturated carbocycles. The van der Waals surface area contributed by atoms with Crippen LogP contribution in [0.2, 0.25) is 0 Å². The molecule has 5 nitrogen and oxygen atoms in total. The monoisotopic (exact) mass is 519 g/mol. The first-order valence-corrected chi connectivity index (χ1v) is 9.15. The lowest BCUT2D eigenvalue weighted by Crippen LogP contribution is -2.37. The van der Waals surface area contributed by atoms with Crippen LogP contribution in [0.15, 0.2) is 47.5 Å². The number of benzene rings is 2. The first-order chi connectivity index (χ1) is 13.5. The molecule has 0 radical (unpaired) electrons. The second-order valence-electron chi connectivity index (χ2n) is 6.24. The van der Waals surface area contributed by atoms with Gasteiger partial charge in [-0.3, -0.25) is 0 Å². The Labute approximate surface area is 187 Å². The summed E-state index contributed by atoms with van der Waals surface area (Å²) in [5.74, 6) is 0.741. The number of halogens is 3. The van der Waals surface area contributed by atoms with Crippen LogP contribution < -0.4 is 15.4 Å². The van der Waals surface area contributed by atoms with Crippen molar-refractivity contribution in [2.45, 2.75) is 40.2 Å². The zero-order chi connectivity index (χ0) is 20.4. The number of nitrogens with zero attached hydrogens (tertiary/aromatic N) is 1. The highest BCUT2D eigenvalue weighted by Crippen LogP contribution is 2.23. The van der Waals surface area contributed by atoms with Crippen LogP contribution in [-0.4, -0.2) is 26.2 Å². The third-order valence-corrected chi connectivity index (χ3v) is 4.05. The molecule has 0 spiro atoms. The van der Waals surface area contributed by atoms with Gasteiger partial charge >= 0.3 is 6.61 Å². The quantitative estimate of drug-likeness (QED) is 0.289. The highest BCUT2D eigenvalue weighted by Gasteiger charge is 2.10. The average Bonchev–Trinajstić information content (AvgIpc) is 2.67. The highest BCUT2D eigenvalue weighted by molar-refractivity contribution is 14.0. The third-order valence-electron chi connectivity index (χ3n) is 4.05. The van der Waals surface area contributed by atoms with Crippen LogP contribution in [0.5, 0.6) is 5.75 Å². The highest BCUT2D eigenvalue weighted by atomic mass is 127. The average molecular weight is 519 g/mol. The topological polar surface area (TPSA) is 54.9 Å². The van der Waals surface area contributed by atoms with Gasteiger partial charge in [0.05, 0.1) is 13.2 Å². The predicted octanol–water partition coefficient (Wildman–Crippen LogP) is 4.62. The van der Waals surface area contributed by atoms with E-state index < -0.39 is 6.61 Å². The fourth-order valence-electron chi connectivity index (χ4n) is 2.75. The molecule has 0 aliphatic carbocycles. The summed E-state index contributed by atoms with van der Waals surface area (Å²) in [6.07, 6.45) is 0. The first kappa shape index (κ1) is 25.1. The molecule has 0 fully saturated rings. The number of methoxy groups -OCH3 is 1. The van der Waals surface area contributed by atoms with Crippen molar-refractivity contribution in [1.29, 1.82) is 0 Å². The van der Waals surface area contributed by atoms with E-state index in [-0.39, 0.29) is 36.3 Å². The van der Waals surface area contributed by atoms with Crippen LogP contribution in [0.1, 0.15) is 29.2 Å². The second-order valence-corrected chi connectivity index (χ2v) is 6.24. The van der Waals surface area contributed by atoms with E-state index in [2.05, 4.69) is 20.4 Å². The summed E-state index contributed by atoms with van der Waals surface area (Å²) in [6, 6.07) is 13.1.